The zero-order valence-corrected chi connectivity index (χ0v) is 15.2. The van der Waals surface area contributed by atoms with Crippen molar-refractivity contribution in [1.29, 1.82) is 0 Å². The Labute approximate surface area is 157 Å². The summed E-state index contributed by atoms with van der Waals surface area (Å²) < 4.78 is 1.89. The summed E-state index contributed by atoms with van der Waals surface area (Å²) in [6, 6.07) is 5.36. The van der Waals surface area contributed by atoms with Crippen LogP contribution in [0.15, 0.2) is 29.3 Å². The lowest BCUT2D eigenvalue weighted by Crippen LogP contribution is -2.51. The second-order valence-corrected chi connectivity index (χ2v) is 8.12. The van der Waals surface area contributed by atoms with E-state index in [1.807, 2.05) is 15.5 Å². The van der Waals surface area contributed by atoms with E-state index in [4.69, 9.17) is 5.73 Å². The number of nitrogens with zero attached hydrogens (tertiary/aromatic N) is 4. The first kappa shape index (κ1) is 16.5. The Morgan fingerprint density at radius 2 is 1.96 bits per heavy atom. The molecular formula is C20H23N5O2. The average Bonchev–Trinajstić information content (AvgIpc) is 2.61. The van der Waals surface area contributed by atoms with Crippen LogP contribution >= 0.6 is 0 Å². The minimum atomic E-state index is -0.00634. The molecule has 1 aliphatic carbocycles. The molecule has 2 aliphatic heterocycles. The second kappa shape index (κ2) is 6.18. The van der Waals surface area contributed by atoms with Gasteiger partial charge in [0.25, 0.3) is 5.56 Å². The van der Waals surface area contributed by atoms with Crippen molar-refractivity contribution < 1.29 is 4.79 Å². The molecule has 2 N–H and O–H groups in total. The van der Waals surface area contributed by atoms with Crippen molar-refractivity contribution in [3.8, 4) is 11.3 Å². The molecule has 0 spiro atoms. The number of nitrogen functional groups attached to an aromatic ring is 1. The summed E-state index contributed by atoms with van der Waals surface area (Å²) in [4.78, 5) is 35.7. The average molecular weight is 365 g/mol. The van der Waals surface area contributed by atoms with Crippen molar-refractivity contribution in [2.24, 2.45) is 11.8 Å². The fourth-order valence-electron chi connectivity index (χ4n) is 4.73. The zero-order valence-electron chi connectivity index (χ0n) is 15.2. The Balaban J connectivity index is 1.50. The molecule has 0 unspecified atom stereocenters. The van der Waals surface area contributed by atoms with Crippen LogP contribution in [0.1, 0.15) is 37.3 Å². The van der Waals surface area contributed by atoms with Crippen LogP contribution in [0.3, 0.4) is 0 Å². The Hall–Kier alpha value is -2.70. The molecule has 140 valence electrons. The highest BCUT2D eigenvalue weighted by Crippen LogP contribution is 2.38. The number of piperidine rings is 1. The summed E-state index contributed by atoms with van der Waals surface area (Å²) in [7, 11) is 0. The van der Waals surface area contributed by atoms with Gasteiger partial charge in [-0.2, -0.15) is 0 Å². The van der Waals surface area contributed by atoms with Crippen molar-refractivity contribution in [2.45, 2.75) is 38.1 Å². The van der Waals surface area contributed by atoms with Crippen LogP contribution in [-0.4, -0.2) is 38.4 Å². The van der Waals surface area contributed by atoms with E-state index in [1.54, 1.807) is 12.1 Å². The van der Waals surface area contributed by atoms with E-state index >= 15 is 0 Å². The van der Waals surface area contributed by atoms with Crippen molar-refractivity contribution in [3.05, 3.63) is 40.6 Å². The van der Waals surface area contributed by atoms with Crippen LogP contribution in [-0.2, 0) is 11.3 Å². The molecule has 2 bridgehead atoms. The lowest BCUT2D eigenvalue weighted by atomic mass is 9.80. The standard InChI is InChI=1S/C20H23N5O2/c21-18-7-16(22-11-23-18)14-5-17-15-4-12(9-25(17)19(26)6-14)8-24(10-15)20(27)13-2-1-3-13/h5-7,11-13,15H,1-4,8-10H2,(H2,21,22,23)/t12-,15+/m0/s1. The molecule has 27 heavy (non-hydrogen) atoms. The Kier molecular flexibility index (Phi) is 3.77. The van der Waals surface area contributed by atoms with Gasteiger partial charge >= 0.3 is 0 Å². The quantitative estimate of drug-likeness (QED) is 0.873. The summed E-state index contributed by atoms with van der Waals surface area (Å²) in [5, 5.41) is 0. The maximum atomic E-state index is 12.8. The maximum Gasteiger partial charge on any atom is 0.251 e. The second-order valence-electron chi connectivity index (χ2n) is 8.12. The third-order valence-electron chi connectivity index (χ3n) is 6.31. The summed E-state index contributed by atoms with van der Waals surface area (Å²) in [5.74, 6) is 1.48. The first-order valence-corrected chi connectivity index (χ1v) is 9.70. The van der Waals surface area contributed by atoms with E-state index in [0.717, 1.165) is 37.1 Å². The Morgan fingerprint density at radius 1 is 1.11 bits per heavy atom. The number of hydrogen-bond acceptors (Lipinski definition) is 5. The molecule has 2 atom stereocenters. The number of nitrogens with two attached hydrogens (primary N) is 1. The van der Waals surface area contributed by atoms with Gasteiger partial charge in [-0.3, -0.25) is 9.59 Å². The SMILES string of the molecule is Nc1cc(-c2cc3n(c(=O)c2)C[C@H]2C[C@@H]3CN(C(=O)C3CCC3)C2)ncn1. The fraction of sp³-hybridized carbons (Fsp3) is 0.500. The monoisotopic (exact) mass is 365 g/mol. The number of hydrogen-bond donors (Lipinski definition) is 1. The summed E-state index contributed by atoms with van der Waals surface area (Å²) in [6.07, 6.45) is 5.67. The van der Waals surface area contributed by atoms with E-state index < -0.39 is 0 Å². The van der Waals surface area contributed by atoms with Crippen LogP contribution in [0.25, 0.3) is 11.3 Å². The highest BCUT2D eigenvalue weighted by Gasteiger charge is 2.39. The molecule has 2 fully saturated rings. The number of carbonyl (C=O) groups is 1. The molecule has 2 aromatic rings. The van der Waals surface area contributed by atoms with Gasteiger partial charge in [0, 0.05) is 54.9 Å². The molecule has 1 saturated heterocycles. The topological polar surface area (TPSA) is 94.1 Å². The van der Waals surface area contributed by atoms with E-state index in [9.17, 15) is 9.59 Å². The van der Waals surface area contributed by atoms with Crippen LogP contribution in [0, 0.1) is 11.8 Å². The third-order valence-corrected chi connectivity index (χ3v) is 6.31. The molecule has 1 saturated carbocycles. The van der Waals surface area contributed by atoms with E-state index in [-0.39, 0.29) is 17.4 Å². The molecule has 4 heterocycles. The predicted octanol–water partition coefficient (Wildman–Crippen LogP) is 1.63. The smallest absolute Gasteiger partial charge is 0.251 e. The number of aromatic nitrogens is 3. The number of fused-ring (bicyclic) bond motifs is 4. The van der Waals surface area contributed by atoms with Gasteiger partial charge in [0.2, 0.25) is 5.91 Å². The predicted molar refractivity (Wildman–Crippen MR) is 101 cm³/mol. The van der Waals surface area contributed by atoms with Gasteiger partial charge in [-0.05, 0) is 31.2 Å². The molecule has 1 amide bonds. The number of rotatable bonds is 2. The van der Waals surface area contributed by atoms with Gasteiger partial charge < -0.3 is 15.2 Å². The lowest BCUT2D eigenvalue weighted by molar-refractivity contribution is -0.141. The molecule has 7 heteroatoms. The number of anilines is 1. The van der Waals surface area contributed by atoms with Crippen molar-refractivity contribution in [3.63, 3.8) is 0 Å². The summed E-state index contributed by atoms with van der Waals surface area (Å²) in [5.41, 5.74) is 8.20. The molecular weight excluding hydrogens is 342 g/mol. The molecule has 0 radical (unpaired) electrons. The van der Waals surface area contributed by atoms with Gasteiger partial charge in [-0.1, -0.05) is 6.42 Å². The zero-order chi connectivity index (χ0) is 18.5. The minimum absolute atomic E-state index is 0.00634. The highest BCUT2D eigenvalue weighted by molar-refractivity contribution is 5.79. The first-order valence-electron chi connectivity index (χ1n) is 9.70. The Morgan fingerprint density at radius 3 is 2.70 bits per heavy atom. The fourth-order valence-corrected chi connectivity index (χ4v) is 4.73. The largest absolute Gasteiger partial charge is 0.384 e. The molecule has 7 nitrogen and oxygen atoms in total. The van der Waals surface area contributed by atoms with Crippen LogP contribution in [0.4, 0.5) is 5.82 Å². The van der Waals surface area contributed by atoms with Crippen LogP contribution in [0.5, 0.6) is 0 Å². The van der Waals surface area contributed by atoms with Gasteiger partial charge in [-0.15, -0.1) is 0 Å². The first-order chi connectivity index (χ1) is 13.1. The maximum absolute atomic E-state index is 12.8. The third kappa shape index (κ3) is 2.81. The van der Waals surface area contributed by atoms with E-state index in [0.29, 0.717) is 36.4 Å². The number of amides is 1. The minimum Gasteiger partial charge on any atom is -0.384 e. The highest BCUT2D eigenvalue weighted by atomic mass is 16.2. The summed E-state index contributed by atoms with van der Waals surface area (Å²) >= 11 is 0. The van der Waals surface area contributed by atoms with Gasteiger partial charge in [0.15, 0.2) is 0 Å². The number of likely N-dealkylation sites (tertiary alicyclic amines) is 1. The van der Waals surface area contributed by atoms with Crippen LogP contribution in [0.2, 0.25) is 0 Å². The molecule has 2 aromatic heterocycles. The Bertz CT molecular complexity index is 965. The molecule has 0 aromatic carbocycles. The molecule has 5 rings (SSSR count). The van der Waals surface area contributed by atoms with Crippen LogP contribution < -0.4 is 11.3 Å². The van der Waals surface area contributed by atoms with E-state index in [1.165, 1.54) is 12.7 Å². The van der Waals surface area contributed by atoms with Gasteiger partial charge in [0.1, 0.15) is 12.1 Å². The van der Waals surface area contributed by atoms with E-state index in [2.05, 4.69) is 9.97 Å². The van der Waals surface area contributed by atoms with Crippen molar-refractivity contribution in [1.82, 2.24) is 19.4 Å². The normalized spacial score (nSPS) is 24.2. The number of pyridine rings is 1. The van der Waals surface area contributed by atoms with Crippen molar-refractivity contribution in [2.75, 3.05) is 18.8 Å². The number of carbonyl (C=O) groups excluding carboxylic acids is 1. The van der Waals surface area contributed by atoms with Gasteiger partial charge in [0.05, 0.1) is 5.69 Å². The van der Waals surface area contributed by atoms with Crippen molar-refractivity contribution >= 4 is 11.7 Å². The molecule has 3 aliphatic rings. The van der Waals surface area contributed by atoms with Gasteiger partial charge in [-0.25, -0.2) is 9.97 Å². The lowest BCUT2D eigenvalue weighted by Gasteiger charge is -2.44. The summed E-state index contributed by atoms with van der Waals surface area (Å²) in [6.45, 7) is 2.17.